The number of likely N-dealkylation sites (N-methyl/N-ethyl adjacent to an activating group) is 1. The molecule has 1 aromatic carbocycles. The van der Waals surface area contributed by atoms with E-state index in [1.807, 2.05) is 29.0 Å². The van der Waals surface area contributed by atoms with Crippen LogP contribution in [0.4, 0.5) is 0 Å². The number of hydrogen-bond acceptors (Lipinski definition) is 2. The summed E-state index contributed by atoms with van der Waals surface area (Å²) in [7, 11) is 1.62. The Kier molecular flexibility index (Phi) is 3.36. The molecule has 3 N–H and O–H groups in total. The van der Waals surface area contributed by atoms with E-state index in [1.165, 1.54) is 0 Å². The van der Waals surface area contributed by atoms with Gasteiger partial charge in [0.15, 0.2) is 0 Å². The minimum Gasteiger partial charge on any atom is -0.358 e. The number of rotatable bonds is 3. The average molecular weight is 252 g/mol. The first-order valence-corrected chi connectivity index (χ1v) is 5.71. The van der Waals surface area contributed by atoms with E-state index in [-0.39, 0.29) is 12.5 Å². The number of aromatic nitrogens is 1. The fourth-order valence-electron chi connectivity index (χ4n) is 1.87. The molecular weight excluding hydrogens is 238 g/mol. The average Bonchev–Trinajstić information content (AvgIpc) is 2.66. The molecule has 0 radical (unpaired) electrons. The van der Waals surface area contributed by atoms with Crippen molar-refractivity contribution in [2.24, 2.45) is 5.73 Å². The third kappa shape index (κ3) is 2.28. The molecule has 17 heavy (non-hydrogen) atoms. The Morgan fingerprint density at radius 1 is 1.53 bits per heavy atom. The fraction of sp³-hybridized carbons (Fsp3) is 0.250. The number of hydrogen-bond donors (Lipinski definition) is 2. The van der Waals surface area contributed by atoms with E-state index in [1.54, 1.807) is 7.05 Å². The van der Waals surface area contributed by atoms with Gasteiger partial charge in [0.05, 0.1) is 5.52 Å². The van der Waals surface area contributed by atoms with Crippen LogP contribution in [-0.2, 0) is 17.9 Å². The third-order valence-electron chi connectivity index (χ3n) is 2.74. The molecule has 2 aromatic rings. The number of carbonyl (C=O) groups is 1. The first-order valence-electron chi connectivity index (χ1n) is 5.33. The summed E-state index contributed by atoms with van der Waals surface area (Å²) in [6.07, 6.45) is 1.90. The van der Waals surface area contributed by atoms with Gasteiger partial charge in [-0.05, 0) is 17.7 Å². The molecule has 1 aromatic heterocycles. The summed E-state index contributed by atoms with van der Waals surface area (Å²) in [5, 5.41) is 4.29. The van der Waals surface area contributed by atoms with E-state index < -0.39 is 0 Å². The normalized spacial score (nSPS) is 10.8. The van der Waals surface area contributed by atoms with E-state index >= 15 is 0 Å². The van der Waals surface area contributed by atoms with Gasteiger partial charge in [-0.1, -0.05) is 17.7 Å². The third-order valence-corrected chi connectivity index (χ3v) is 2.97. The molecule has 4 nitrogen and oxygen atoms in total. The zero-order chi connectivity index (χ0) is 12.4. The molecule has 0 bridgehead atoms. The molecule has 0 saturated heterocycles. The largest absolute Gasteiger partial charge is 0.358 e. The highest BCUT2D eigenvalue weighted by atomic mass is 35.5. The lowest BCUT2D eigenvalue weighted by Gasteiger charge is -2.04. The quantitative estimate of drug-likeness (QED) is 0.869. The highest BCUT2D eigenvalue weighted by Crippen LogP contribution is 2.24. The predicted molar refractivity (Wildman–Crippen MR) is 68.9 cm³/mol. The maximum atomic E-state index is 11.4. The molecule has 0 aliphatic heterocycles. The monoisotopic (exact) mass is 251 g/mol. The Labute approximate surface area is 104 Å². The smallest absolute Gasteiger partial charge is 0.239 e. The number of halogens is 1. The van der Waals surface area contributed by atoms with Crippen LogP contribution in [0.5, 0.6) is 0 Å². The van der Waals surface area contributed by atoms with Crippen molar-refractivity contribution in [3.63, 3.8) is 0 Å². The van der Waals surface area contributed by atoms with Gasteiger partial charge >= 0.3 is 0 Å². The van der Waals surface area contributed by atoms with Crippen molar-refractivity contribution in [2.75, 3.05) is 7.05 Å². The predicted octanol–water partition coefficient (Wildman–Crippen LogP) is 1.50. The summed E-state index contributed by atoms with van der Waals surface area (Å²) in [5.41, 5.74) is 7.63. The summed E-state index contributed by atoms with van der Waals surface area (Å²) in [6, 6.07) is 5.60. The number of nitrogens with one attached hydrogen (secondary N) is 1. The number of carbonyl (C=O) groups excluding carboxylic acids is 1. The van der Waals surface area contributed by atoms with Crippen LogP contribution in [0.25, 0.3) is 10.9 Å². The first-order chi connectivity index (χ1) is 8.15. The molecule has 90 valence electrons. The van der Waals surface area contributed by atoms with Crippen LogP contribution in [0, 0.1) is 0 Å². The van der Waals surface area contributed by atoms with Crippen molar-refractivity contribution < 1.29 is 4.79 Å². The maximum absolute atomic E-state index is 11.4. The molecule has 0 fully saturated rings. The minimum absolute atomic E-state index is 0.0505. The summed E-state index contributed by atoms with van der Waals surface area (Å²) >= 11 is 5.97. The Morgan fingerprint density at radius 2 is 2.29 bits per heavy atom. The highest BCUT2D eigenvalue weighted by molar-refractivity contribution is 6.31. The van der Waals surface area contributed by atoms with Gasteiger partial charge in [0.1, 0.15) is 6.54 Å². The highest BCUT2D eigenvalue weighted by Gasteiger charge is 2.09. The zero-order valence-electron chi connectivity index (χ0n) is 9.53. The second-order valence-corrected chi connectivity index (χ2v) is 4.26. The first kappa shape index (κ1) is 12.0. The van der Waals surface area contributed by atoms with Gasteiger partial charge in [0.2, 0.25) is 5.91 Å². The van der Waals surface area contributed by atoms with Crippen molar-refractivity contribution in [3.8, 4) is 0 Å². The maximum Gasteiger partial charge on any atom is 0.239 e. The molecule has 2 rings (SSSR count). The second kappa shape index (κ2) is 4.77. The molecule has 0 atom stereocenters. The van der Waals surface area contributed by atoms with Gasteiger partial charge in [-0.15, -0.1) is 0 Å². The molecule has 0 unspecified atom stereocenters. The lowest BCUT2D eigenvalue weighted by atomic mass is 10.2. The van der Waals surface area contributed by atoms with E-state index in [4.69, 9.17) is 17.3 Å². The number of fused-ring (bicyclic) bond motifs is 1. The Morgan fingerprint density at radius 3 is 2.94 bits per heavy atom. The van der Waals surface area contributed by atoms with Gasteiger partial charge in [-0.25, -0.2) is 0 Å². The topological polar surface area (TPSA) is 60.0 Å². The van der Waals surface area contributed by atoms with Crippen LogP contribution in [0.2, 0.25) is 5.02 Å². The van der Waals surface area contributed by atoms with Gasteiger partial charge < -0.3 is 15.6 Å². The van der Waals surface area contributed by atoms with Crippen LogP contribution in [0.3, 0.4) is 0 Å². The number of nitrogens with zero attached hydrogens (tertiary/aromatic N) is 1. The minimum atomic E-state index is -0.0505. The lowest BCUT2D eigenvalue weighted by molar-refractivity contribution is -0.121. The van der Waals surface area contributed by atoms with Crippen molar-refractivity contribution >= 4 is 28.4 Å². The molecular formula is C12H14ClN3O. The molecule has 0 aliphatic rings. The molecule has 1 amide bonds. The van der Waals surface area contributed by atoms with E-state index in [0.717, 1.165) is 16.5 Å². The van der Waals surface area contributed by atoms with Gasteiger partial charge in [0.25, 0.3) is 0 Å². The second-order valence-electron chi connectivity index (χ2n) is 3.82. The molecule has 5 heteroatoms. The van der Waals surface area contributed by atoms with Crippen LogP contribution in [-0.4, -0.2) is 17.5 Å². The number of benzene rings is 1. The van der Waals surface area contributed by atoms with Crippen molar-refractivity contribution in [1.29, 1.82) is 0 Å². The Hall–Kier alpha value is -1.52. The van der Waals surface area contributed by atoms with Crippen LogP contribution < -0.4 is 11.1 Å². The molecule has 0 spiro atoms. The number of amides is 1. The Bertz CT molecular complexity index is 562. The van der Waals surface area contributed by atoms with E-state index in [9.17, 15) is 4.79 Å². The van der Waals surface area contributed by atoms with Crippen LogP contribution in [0.15, 0.2) is 24.4 Å². The molecule has 0 aliphatic carbocycles. The molecule has 1 heterocycles. The van der Waals surface area contributed by atoms with Crippen molar-refractivity contribution in [3.05, 3.63) is 35.0 Å². The zero-order valence-corrected chi connectivity index (χ0v) is 10.3. The van der Waals surface area contributed by atoms with E-state index in [0.29, 0.717) is 11.6 Å². The van der Waals surface area contributed by atoms with Crippen LogP contribution in [0.1, 0.15) is 5.56 Å². The summed E-state index contributed by atoms with van der Waals surface area (Å²) in [6.45, 7) is 0.715. The summed E-state index contributed by atoms with van der Waals surface area (Å²) in [4.78, 5) is 11.4. The van der Waals surface area contributed by atoms with Gasteiger partial charge in [-0.2, -0.15) is 0 Å². The summed E-state index contributed by atoms with van der Waals surface area (Å²) in [5.74, 6) is -0.0505. The lowest BCUT2D eigenvalue weighted by Crippen LogP contribution is -2.23. The van der Waals surface area contributed by atoms with Crippen molar-refractivity contribution in [2.45, 2.75) is 13.1 Å². The summed E-state index contributed by atoms with van der Waals surface area (Å²) < 4.78 is 1.86. The fourth-order valence-corrected chi connectivity index (χ4v) is 2.03. The van der Waals surface area contributed by atoms with Crippen LogP contribution >= 0.6 is 11.6 Å². The molecule has 0 saturated carbocycles. The van der Waals surface area contributed by atoms with Gasteiger partial charge in [-0.3, -0.25) is 4.79 Å². The van der Waals surface area contributed by atoms with Crippen molar-refractivity contribution in [1.82, 2.24) is 9.88 Å². The van der Waals surface area contributed by atoms with E-state index in [2.05, 4.69) is 5.32 Å². The van der Waals surface area contributed by atoms with Gasteiger partial charge in [0, 0.05) is 30.2 Å². The SMILES string of the molecule is CNC(=O)Cn1cc(CN)c2ccc(Cl)cc21. The standard InChI is InChI=1S/C12H14ClN3O/c1-15-12(17)7-16-6-8(5-14)10-3-2-9(13)4-11(10)16/h2-4,6H,5,7,14H2,1H3,(H,15,17). The number of nitrogens with two attached hydrogens (primary N) is 1. The Balaban J connectivity index is 2.54.